The Morgan fingerprint density at radius 3 is 2.62 bits per heavy atom. The van der Waals surface area contributed by atoms with E-state index in [1.165, 1.54) is 6.33 Å². The number of hydrogen-bond acceptors (Lipinski definition) is 5. The summed E-state index contributed by atoms with van der Waals surface area (Å²) in [5.74, 6) is 1.20. The number of aromatic nitrogens is 4. The number of methoxy groups -OCH3 is 1. The zero-order chi connectivity index (χ0) is 18.6. The number of rotatable bonds is 2. The Bertz CT molecular complexity index is 1180. The molecule has 0 fully saturated rings. The Balaban J connectivity index is 2.27. The van der Waals surface area contributed by atoms with Crippen LogP contribution in [0.25, 0.3) is 27.8 Å². The van der Waals surface area contributed by atoms with Gasteiger partial charge in [0.15, 0.2) is 5.65 Å². The van der Waals surface area contributed by atoms with Gasteiger partial charge in [0.1, 0.15) is 23.5 Å². The van der Waals surface area contributed by atoms with Gasteiger partial charge >= 0.3 is 0 Å². The maximum Gasteiger partial charge on any atom is 0.152 e. The largest absolute Gasteiger partial charge is 0.496 e. The fourth-order valence-electron chi connectivity index (χ4n) is 3.43. The van der Waals surface area contributed by atoms with Crippen LogP contribution in [0.4, 0.5) is 5.82 Å². The Hall–Kier alpha value is -2.86. The predicted octanol–water partition coefficient (Wildman–Crippen LogP) is 4.14. The van der Waals surface area contributed by atoms with Crippen molar-refractivity contribution in [1.29, 1.82) is 0 Å². The molecule has 3 aromatic heterocycles. The van der Waals surface area contributed by atoms with Gasteiger partial charge in [-0.3, -0.25) is 4.57 Å². The van der Waals surface area contributed by atoms with Crippen molar-refractivity contribution in [2.75, 3.05) is 12.8 Å². The van der Waals surface area contributed by atoms with Gasteiger partial charge in [-0.05, 0) is 38.5 Å². The molecule has 0 bridgehead atoms. The van der Waals surface area contributed by atoms with Gasteiger partial charge in [0, 0.05) is 10.9 Å². The summed E-state index contributed by atoms with van der Waals surface area (Å²) in [7, 11) is 1.66. The van der Waals surface area contributed by atoms with E-state index < -0.39 is 0 Å². The number of anilines is 1. The molecule has 2 N–H and O–H groups in total. The van der Waals surface area contributed by atoms with E-state index in [0.29, 0.717) is 16.5 Å². The SMILES string of the molecule is COc1ccc(C)c(-n2c3nc(C)c(Cl)cc3c3c(N)ncnc32)c1C. The minimum atomic E-state index is 0.402. The highest BCUT2D eigenvalue weighted by Gasteiger charge is 2.21. The Morgan fingerprint density at radius 1 is 1.12 bits per heavy atom. The molecule has 0 atom stereocenters. The van der Waals surface area contributed by atoms with Crippen LogP contribution < -0.4 is 10.5 Å². The van der Waals surface area contributed by atoms with Crippen molar-refractivity contribution in [2.45, 2.75) is 20.8 Å². The molecule has 0 radical (unpaired) electrons. The maximum absolute atomic E-state index is 6.33. The van der Waals surface area contributed by atoms with Gasteiger partial charge in [0.25, 0.3) is 0 Å². The zero-order valence-electron chi connectivity index (χ0n) is 15.0. The molecule has 1 aromatic carbocycles. The van der Waals surface area contributed by atoms with Crippen LogP contribution in [-0.4, -0.2) is 26.6 Å². The Morgan fingerprint density at radius 2 is 1.88 bits per heavy atom. The van der Waals surface area contributed by atoms with Crippen LogP contribution in [-0.2, 0) is 0 Å². The molecule has 0 spiro atoms. The van der Waals surface area contributed by atoms with Crippen LogP contribution in [0, 0.1) is 20.8 Å². The van der Waals surface area contributed by atoms with E-state index in [4.69, 9.17) is 27.1 Å². The third-order valence-corrected chi connectivity index (χ3v) is 5.09. The first-order chi connectivity index (χ1) is 12.4. The molecule has 26 heavy (non-hydrogen) atoms. The fraction of sp³-hybridized carbons (Fsp3) is 0.211. The standard InChI is InChI=1S/C19H18ClN5O/c1-9-5-6-14(26-4)10(2)16(9)25-18-12(7-13(20)11(3)24-18)15-17(21)22-8-23-19(15)25/h5-8H,1-4H3,(H2,21,22,23). The number of ether oxygens (including phenoxy) is 1. The molecule has 0 aliphatic heterocycles. The van der Waals surface area contributed by atoms with Crippen molar-refractivity contribution in [3.8, 4) is 11.4 Å². The normalized spacial score (nSPS) is 11.4. The summed E-state index contributed by atoms with van der Waals surface area (Å²) in [6, 6.07) is 5.86. The molecule has 0 saturated heterocycles. The van der Waals surface area contributed by atoms with Gasteiger partial charge in [-0.1, -0.05) is 17.7 Å². The van der Waals surface area contributed by atoms with E-state index in [1.54, 1.807) is 7.11 Å². The molecule has 4 rings (SSSR count). The van der Waals surface area contributed by atoms with Crippen LogP contribution in [0.5, 0.6) is 5.75 Å². The van der Waals surface area contributed by atoms with Gasteiger partial charge in [-0.15, -0.1) is 0 Å². The molecule has 4 aromatic rings. The highest BCUT2D eigenvalue weighted by molar-refractivity contribution is 6.32. The summed E-state index contributed by atoms with van der Waals surface area (Å²) in [4.78, 5) is 13.4. The lowest BCUT2D eigenvalue weighted by molar-refractivity contribution is 0.411. The molecule has 0 aliphatic carbocycles. The van der Waals surface area contributed by atoms with E-state index in [9.17, 15) is 0 Å². The zero-order valence-corrected chi connectivity index (χ0v) is 15.7. The first-order valence-electron chi connectivity index (χ1n) is 8.16. The maximum atomic E-state index is 6.33. The quantitative estimate of drug-likeness (QED) is 0.576. The summed E-state index contributed by atoms with van der Waals surface area (Å²) >= 11 is 6.33. The average molecular weight is 368 g/mol. The number of fused-ring (bicyclic) bond motifs is 3. The fourth-order valence-corrected chi connectivity index (χ4v) is 3.59. The number of aryl methyl sites for hydroxylation is 2. The lowest BCUT2D eigenvalue weighted by atomic mass is 10.1. The molecule has 6 nitrogen and oxygen atoms in total. The number of pyridine rings is 1. The number of nitrogens with zero attached hydrogens (tertiary/aromatic N) is 4. The van der Waals surface area contributed by atoms with E-state index in [-0.39, 0.29) is 0 Å². The van der Waals surface area contributed by atoms with Gasteiger partial charge in [0.2, 0.25) is 0 Å². The van der Waals surface area contributed by atoms with Crippen molar-refractivity contribution in [2.24, 2.45) is 0 Å². The van der Waals surface area contributed by atoms with Gasteiger partial charge in [0.05, 0.1) is 28.9 Å². The van der Waals surface area contributed by atoms with Crippen LogP contribution in [0.1, 0.15) is 16.8 Å². The van der Waals surface area contributed by atoms with Gasteiger partial charge < -0.3 is 10.5 Å². The monoisotopic (exact) mass is 367 g/mol. The Labute approximate surface area is 155 Å². The molecule has 0 aliphatic rings. The lowest BCUT2D eigenvalue weighted by Crippen LogP contribution is -2.04. The highest BCUT2D eigenvalue weighted by Crippen LogP contribution is 2.37. The first kappa shape index (κ1) is 16.6. The summed E-state index contributed by atoms with van der Waals surface area (Å²) < 4.78 is 7.53. The molecule has 0 unspecified atom stereocenters. The van der Waals surface area contributed by atoms with Crippen LogP contribution in [0.3, 0.4) is 0 Å². The van der Waals surface area contributed by atoms with Crippen molar-refractivity contribution in [3.05, 3.63) is 46.4 Å². The second-order valence-corrected chi connectivity index (χ2v) is 6.69. The number of benzene rings is 1. The lowest BCUT2D eigenvalue weighted by Gasteiger charge is -2.16. The second-order valence-electron chi connectivity index (χ2n) is 6.28. The van der Waals surface area contributed by atoms with Crippen LogP contribution in [0.15, 0.2) is 24.5 Å². The van der Waals surface area contributed by atoms with E-state index >= 15 is 0 Å². The third kappa shape index (κ3) is 2.22. The van der Waals surface area contributed by atoms with Crippen LogP contribution >= 0.6 is 11.6 Å². The third-order valence-electron chi connectivity index (χ3n) is 4.71. The van der Waals surface area contributed by atoms with Gasteiger partial charge in [-0.25, -0.2) is 15.0 Å². The number of nitrogens with two attached hydrogens (primary N) is 1. The smallest absolute Gasteiger partial charge is 0.152 e. The summed E-state index contributed by atoms with van der Waals surface area (Å²) in [5.41, 5.74) is 11.4. The van der Waals surface area contributed by atoms with Crippen LogP contribution in [0.2, 0.25) is 5.02 Å². The van der Waals surface area contributed by atoms with E-state index in [2.05, 4.69) is 9.97 Å². The van der Waals surface area contributed by atoms with Crippen molar-refractivity contribution in [3.63, 3.8) is 0 Å². The van der Waals surface area contributed by atoms with Gasteiger partial charge in [-0.2, -0.15) is 0 Å². The molecule has 3 heterocycles. The minimum Gasteiger partial charge on any atom is -0.496 e. The topological polar surface area (TPSA) is 78.9 Å². The Kier molecular flexibility index (Phi) is 3.73. The number of hydrogen-bond donors (Lipinski definition) is 1. The molecular formula is C19H18ClN5O. The summed E-state index contributed by atoms with van der Waals surface area (Å²) in [5, 5.41) is 2.16. The predicted molar refractivity (Wildman–Crippen MR) is 104 cm³/mol. The number of nitrogen functional groups attached to an aromatic ring is 1. The molecular weight excluding hydrogens is 350 g/mol. The summed E-state index contributed by atoms with van der Waals surface area (Å²) in [6.45, 7) is 5.95. The van der Waals surface area contributed by atoms with Crippen molar-refractivity contribution in [1.82, 2.24) is 19.5 Å². The van der Waals surface area contributed by atoms with Crippen molar-refractivity contribution < 1.29 is 4.74 Å². The molecule has 7 heteroatoms. The minimum absolute atomic E-state index is 0.402. The van der Waals surface area contributed by atoms with E-state index in [0.717, 1.165) is 44.7 Å². The van der Waals surface area contributed by atoms with E-state index in [1.807, 2.05) is 43.5 Å². The second kappa shape index (κ2) is 5.85. The molecule has 0 amide bonds. The highest BCUT2D eigenvalue weighted by atomic mass is 35.5. The van der Waals surface area contributed by atoms with Crippen molar-refractivity contribution >= 4 is 39.5 Å². The number of halogens is 1. The average Bonchev–Trinajstić information content (AvgIpc) is 2.91. The molecule has 0 saturated carbocycles. The summed E-state index contributed by atoms with van der Waals surface area (Å²) in [6.07, 6.45) is 1.46. The first-order valence-corrected chi connectivity index (χ1v) is 8.54. The molecule has 132 valence electrons.